The minimum absolute atomic E-state index is 0.0374. The molecule has 1 aliphatic rings. The molecule has 3 aromatic rings. The van der Waals surface area contributed by atoms with E-state index in [1.54, 1.807) is 7.11 Å². The minimum Gasteiger partial charge on any atom is -0.497 e. The van der Waals surface area contributed by atoms with Gasteiger partial charge in [-0.25, -0.2) is 4.98 Å². The van der Waals surface area contributed by atoms with Crippen LogP contribution in [-0.4, -0.2) is 36.1 Å². The number of hydrogen-bond acceptors (Lipinski definition) is 6. The molecule has 0 aliphatic carbocycles. The number of ether oxygens (including phenoxy) is 2. The molecule has 0 fully saturated rings. The van der Waals surface area contributed by atoms with Crippen molar-refractivity contribution in [2.24, 2.45) is 0 Å². The third kappa shape index (κ3) is 5.17. The van der Waals surface area contributed by atoms with Crippen LogP contribution < -0.4 is 14.8 Å². The van der Waals surface area contributed by atoms with E-state index in [-0.39, 0.29) is 12.5 Å². The first-order chi connectivity index (χ1) is 14.6. The third-order valence-corrected chi connectivity index (χ3v) is 5.89. The van der Waals surface area contributed by atoms with Gasteiger partial charge in [0.1, 0.15) is 11.5 Å². The van der Waals surface area contributed by atoms with Crippen molar-refractivity contribution < 1.29 is 14.3 Å². The Morgan fingerprint density at radius 1 is 1.17 bits per heavy atom. The fourth-order valence-electron chi connectivity index (χ4n) is 3.45. The van der Waals surface area contributed by atoms with Crippen LogP contribution in [0, 0.1) is 6.92 Å². The fourth-order valence-corrected chi connectivity index (χ4v) is 4.17. The number of rotatable bonds is 7. The normalized spacial score (nSPS) is 13.5. The largest absolute Gasteiger partial charge is 0.497 e. The Kier molecular flexibility index (Phi) is 6.30. The summed E-state index contributed by atoms with van der Waals surface area (Å²) in [5, 5.41) is 5.42. The molecule has 7 heteroatoms. The number of nitrogens with one attached hydrogen (secondary N) is 1. The SMILES string of the molecule is COc1ccc2c(c1)CCN(Cc1csc(NC(=O)COc3ccc(C)cc3)n1)C2. The number of carbonyl (C=O) groups excluding carboxylic acids is 1. The Bertz CT molecular complexity index is 1020. The molecule has 2 aromatic carbocycles. The number of aryl methyl sites for hydroxylation is 1. The molecule has 1 aliphatic heterocycles. The van der Waals surface area contributed by atoms with Gasteiger partial charge in [-0.2, -0.15) is 0 Å². The number of amides is 1. The molecule has 1 amide bonds. The van der Waals surface area contributed by atoms with Crippen molar-refractivity contribution >= 4 is 22.4 Å². The summed E-state index contributed by atoms with van der Waals surface area (Å²) < 4.78 is 10.8. The van der Waals surface area contributed by atoms with Gasteiger partial charge in [0.15, 0.2) is 11.7 Å². The number of anilines is 1. The van der Waals surface area contributed by atoms with E-state index in [0.717, 1.165) is 43.1 Å². The summed E-state index contributed by atoms with van der Waals surface area (Å²) in [6.07, 6.45) is 0.997. The molecule has 0 bridgehead atoms. The van der Waals surface area contributed by atoms with Crippen LogP contribution in [0.1, 0.15) is 22.4 Å². The number of carbonyl (C=O) groups is 1. The predicted molar refractivity (Wildman–Crippen MR) is 118 cm³/mol. The smallest absolute Gasteiger partial charge is 0.264 e. The lowest BCUT2D eigenvalue weighted by Crippen LogP contribution is -2.30. The van der Waals surface area contributed by atoms with Gasteiger partial charge in [-0.15, -0.1) is 11.3 Å². The highest BCUT2D eigenvalue weighted by Crippen LogP contribution is 2.25. The van der Waals surface area contributed by atoms with Crippen molar-refractivity contribution in [1.29, 1.82) is 0 Å². The van der Waals surface area contributed by atoms with Gasteiger partial charge in [0.05, 0.1) is 12.8 Å². The van der Waals surface area contributed by atoms with Gasteiger partial charge in [0, 0.05) is 25.0 Å². The van der Waals surface area contributed by atoms with Crippen LogP contribution in [0.25, 0.3) is 0 Å². The summed E-state index contributed by atoms with van der Waals surface area (Å²) in [6, 6.07) is 13.9. The Labute approximate surface area is 180 Å². The summed E-state index contributed by atoms with van der Waals surface area (Å²) >= 11 is 1.44. The number of hydrogen-bond donors (Lipinski definition) is 1. The van der Waals surface area contributed by atoms with E-state index < -0.39 is 0 Å². The Balaban J connectivity index is 1.27. The quantitative estimate of drug-likeness (QED) is 0.622. The molecule has 0 radical (unpaired) electrons. The van der Waals surface area contributed by atoms with Crippen molar-refractivity contribution in [2.45, 2.75) is 26.4 Å². The molecular formula is C23H25N3O3S. The third-order valence-electron chi connectivity index (χ3n) is 5.08. The average Bonchev–Trinajstić information content (AvgIpc) is 3.19. The van der Waals surface area contributed by atoms with E-state index in [2.05, 4.69) is 27.3 Å². The number of aromatic nitrogens is 1. The highest BCUT2D eigenvalue weighted by Gasteiger charge is 2.18. The van der Waals surface area contributed by atoms with Crippen molar-refractivity contribution in [1.82, 2.24) is 9.88 Å². The van der Waals surface area contributed by atoms with Crippen LogP contribution >= 0.6 is 11.3 Å². The zero-order valence-corrected chi connectivity index (χ0v) is 18.0. The molecule has 0 saturated carbocycles. The first kappa shape index (κ1) is 20.4. The second kappa shape index (κ2) is 9.28. The Morgan fingerprint density at radius 3 is 2.77 bits per heavy atom. The van der Waals surface area contributed by atoms with Crippen LogP contribution in [0.4, 0.5) is 5.13 Å². The lowest BCUT2D eigenvalue weighted by atomic mass is 9.99. The number of nitrogens with zero attached hydrogens (tertiary/aromatic N) is 2. The Morgan fingerprint density at radius 2 is 1.97 bits per heavy atom. The van der Waals surface area contributed by atoms with E-state index in [4.69, 9.17) is 9.47 Å². The van der Waals surface area contributed by atoms with Crippen LogP contribution in [0.2, 0.25) is 0 Å². The second-order valence-electron chi connectivity index (χ2n) is 7.39. The Hall–Kier alpha value is -2.90. The molecule has 0 spiro atoms. The van der Waals surface area contributed by atoms with E-state index in [0.29, 0.717) is 10.9 Å². The summed E-state index contributed by atoms with van der Waals surface area (Å²) in [5.74, 6) is 1.38. The monoisotopic (exact) mass is 423 g/mol. The molecule has 1 N–H and O–H groups in total. The zero-order chi connectivity index (χ0) is 20.9. The van der Waals surface area contributed by atoms with Crippen molar-refractivity contribution in [3.05, 3.63) is 70.2 Å². The molecule has 4 rings (SSSR count). The zero-order valence-electron chi connectivity index (χ0n) is 17.2. The summed E-state index contributed by atoms with van der Waals surface area (Å²) in [7, 11) is 1.70. The number of thiazole rings is 1. The lowest BCUT2D eigenvalue weighted by Gasteiger charge is -2.28. The number of fused-ring (bicyclic) bond motifs is 1. The minimum atomic E-state index is -0.211. The molecule has 0 unspecified atom stereocenters. The first-order valence-electron chi connectivity index (χ1n) is 9.91. The molecule has 1 aromatic heterocycles. The maximum Gasteiger partial charge on any atom is 0.264 e. The average molecular weight is 424 g/mol. The van der Waals surface area contributed by atoms with Crippen LogP contribution in [-0.2, 0) is 24.3 Å². The molecule has 6 nitrogen and oxygen atoms in total. The van der Waals surface area contributed by atoms with Gasteiger partial charge in [-0.3, -0.25) is 15.0 Å². The van der Waals surface area contributed by atoms with Gasteiger partial charge >= 0.3 is 0 Å². The van der Waals surface area contributed by atoms with Crippen LogP contribution in [0.5, 0.6) is 11.5 Å². The number of benzene rings is 2. The van der Waals surface area contributed by atoms with Crippen molar-refractivity contribution in [3.63, 3.8) is 0 Å². The summed E-state index contributed by atoms with van der Waals surface area (Å²) in [5.41, 5.74) is 4.80. The summed E-state index contributed by atoms with van der Waals surface area (Å²) in [4.78, 5) is 19.1. The standard InChI is InChI=1S/C23H25N3O3S/c1-16-3-6-20(7-4-16)29-14-22(27)25-23-24-19(15-30-23)13-26-10-9-17-11-21(28-2)8-5-18(17)12-26/h3-8,11,15H,9-10,12-14H2,1-2H3,(H,24,25,27). The van der Waals surface area contributed by atoms with Crippen LogP contribution in [0.3, 0.4) is 0 Å². The maximum atomic E-state index is 12.2. The summed E-state index contributed by atoms with van der Waals surface area (Å²) in [6.45, 7) is 4.60. The van der Waals surface area contributed by atoms with Crippen molar-refractivity contribution in [3.8, 4) is 11.5 Å². The number of methoxy groups -OCH3 is 1. The molecular weight excluding hydrogens is 398 g/mol. The van der Waals surface area contributed by atoms with Crippen LogP contribution in [0.15, 0.2) is 47.8 Å². The topological polar surface area (TPSA) is 63.7 Å². The predicted octanol–water partition coefficient (Wildman–Crippen LogP) is 4.04. The van der Waals surface area contributed by atoms with Gasteiger partial charge < -0.3 is 9.47 Å². The van der Waals surface area contributed by atoms with E-state index in [1.165, 1.54) is 22.5 Å². The molecule has 2 heterocycles. The fraction of sp³-hybridized carbons (Fsp3) is 0.304. The first-order valence-corrected chi connectivity index (χ1v) is 10.8. The molecule has 0 atom stereocenters. The van der Waals surface area contributed by atoms with Gasteiger partial charge in [-0.1, -0.05) is 23.8 Å². The van der Waals surface area contributed by atoms with Gasteiger partial charge in [-0.05, 0) is 48.7 Å². The van der Waals surface area contributed by atoms with Gasteiger partial charge in [0.2, 0.25) is 0 Å². The van der Waals surface area contributed by atoms with E-state index >= 15 is 0 Å². The second-order valence-corrected chi connectivity index (χ2v) is 8.25. The van der Waals surface area contributed by atoms with E-state index in [9.17, 15) is 4.79 Å². The van der Waals surface area contributed by atoms with Crippen molar-refractivity contribution in [2.75, 3.05) is 25.6 Å². The van der Waals surface area contributed by atoms with Gasteiger partial charge in [0.25, 0.3) is 5.91 Å². The maximum absolute atomic E-state index is 12.2. The highest BCUT2D eigenvalue weighted by molar-refractivity contribution is 7.13. The molecule has 30 heavy (non-hydrogen) atoms. The van der Waals surface area contributed by atoms with E-state index in [1.807, 2.05) is 42.6 Å². The highest BCUT2D eigenvalue weighted by atomic mass is 32.1. The lowest BCUT2D eigenvalue weighted by molar-refractivity contribution is -0.118. The molecule has 156 valence electrons. The molecule has 0 saturated heterocycles.